The van der Waals surface area contributed by atoms with Gasteiger partial charge < -0.3 is 19.3 Å². The Labute approximate surface area is 152 Å². The highest BCUT2D eigenvalue weighted by Crippen LogP contribution is 2.15. The minimum Gasteiger partial charge on any atom is -0.338 e. The van der Waals surface area contributed by atoms with Crippen LogP contribution in [-0.4, -0.2) is 43.7 Å². The van der Waals surface area contributed by atoms with Gasteiger partial charge in [0, 0.05) is 26.6 Å². The zero-order valence-electron chi connectivity index (χ0n) is 15.4. The van der Waals surface area contributed by atoms with Gasteiger partial charge in [-0.15, -0.1) is 0 Å². The van der Waals surface area contributed by atoms with Crippen LogP contribution in [0.1, 0.15) is 30.9 Å². The normalized spacial score (nSPS) is 11.0. The fourth-order valence-corrected chi connectivity index (χ4v) is 2.87. The monoisotopic (exact) mass is 356 g/mol. The highest BCUT2D eigenvalue weighted by molar-refractivity contribution is 5.75. The summed E-state index contributed by atoms with van der Waals surface area (Å²) >= 11 is 0. The summed E-state index contributed by atoms with van der Waals surface area (Å²) in [5.41, 5.74) is 2.12. The quantitative estimate of drug-likeness (QED) is 0.657. The second-order valence-corrected chi connectivity index (χ2v) is 6.16. The Bertz CT molecular complexity index is 885. The minimum atomic E-state index is -0.131. The average Bonchev–Trinajstić information content (AvgIpc) is 3.20. The summed E-state index contributed by atoms with van der Waals surface area (Å²) in [6, 6.07) is 7.94. The number of aryl methyl sites for hydroxylation is 3. The molecule has 0 saturated carbocycles. The van der Waals surface area contributed by atoms with Gasteiger partial charge in [0.25, 0.3) is 0 Å². The van der Waals surface area contributed by atoms with E-state index >= 15 is 0 Å². The third-order valence-corrected chi connectivity index (χ3v) is 4.30. The Morgan fingerprint density at radius 3 is 2.81 bits per heavy atom. The Morgan fingerprint density at radius 2 is 2.12 bits per heavy atom. The van der Waals surface area contributed by atoms with Gasteiger partial charge in [0.05, 0.1) is 11.0 Å². The van der Waals surface area contributed by atoms with E-state index < -0.39 is 0 Å². The highest BCUT2D eigenvalue weighted by atomic mass is 16.5. The molecule has 3 aromatic rings. The second kappa shape index (κ2) is 7.99. The van der Waals surface area contributed by atoms with Gasteiger partial charge in [-0.1, -0.05) is 17.3 Å². The van der Waals surface area contributed by atoms with Crippen LogP contribution in [0.25, 0.3) is 11.0 Å². The molecule has 0 radical (unpaired) electrons. The molecule has 3 rings (SSSR count). The largest absolute Gasteiger partial charge is 0.338 e. The molecule has 0 bridgehead atoms. The first kappa shape index (κ1) is 17.9. The van der Waals surface area contributed by atoms with Crippen molar-refractivity contribution in [1.29, 1.82) is 0 Å². The summed E-state index contributed by atoms with van der Waals surface area (Å²) in [6.45, 7) is 5.14. The lowest BCUT2D eigenvalue weighted by atomic mass is 10.3. The van der Waals surface area contributed by atoms with Crippen LogP contribution in [0.15, 0.2) is 28.8 Å². The van der Waals surface area contributed by atoms with E-state index in [1.54, 1.807) is 11.8 Å². The number of para-hydroxylation sites is 2. The van der Waals surface area contributed by atoms with Crippen molar-refractivity contribution < 1.29 is 9.32 Å². The number of aromatic nitrogens is 4. The molecule has 0 fully saturated rings. The summed E-state index contributed by atoms with van der Waals surface area (Å²) in [7, 11) is 2.02. The van der Waals surface area contributed by atoms with Crippen LogP contribution >= 0.6 is 0 Å². The van der Waals surface area contributed by atoms with Crippen molar-refractivity contribution in [2.45, 2.75) is 33.2 Å². The summed E-state index contributed by atoms with van der Waals surface area (Å²) in [5, 5.41) is 6.69. The van der Waals surface area contributed by atoms with Gasteiger partial charge >= 0.3 is 6.03 Å². The first-order valence-corrected chi connectivity index (χ1v) is 8.80. The van der Waals surface area contributed by atoms with Crippen LogP contribution in [0, 0.1) is 6.92 Å². The third-order valence-electron chi connectivity index (χ3n) is 4.30. The molecule has 2 aromatic heterocycles. The zero-order chi connectivity index (χ0) is 18.5. The number of fused-ring (bicyclic) bond motifs is 1. The lowest BCUT2D eigenvalue weighted by molar-refractivity contribution is 0.189. The van der Waals surface area contributed by atoms with Gasteiger partial charge in [-0.05, 0) is 32.4 Å². The molecule has 0 unspecified atom stereocenters. The summed E-state index contributed by atoms with van der Waals surface area (Å²) in [4.78, 5) is 22.7. The Kier molecular flexibility index (Phi) is 5.50. The molecule has 8 nitrogen and oxygen atoms in total. The topological polar surface area (TPSA) is 89.1 Å². The van der Waals surface area contributed by atoms with Crippen LogP contribution in [0.2, 0.25) is 0 Å². The average molecular weight is 356 g/mol. The van der Waals surface area contributed by atoms with Gasteiger partial charge in [-0.3, -0.25) is 0 Å². The van der Waals surface area contributed by atoms with Crippen molar-refractivity contribution in [3.63, 3.8) is 0 Å². The molecule has 8 heteroatoms. The van der Waals surface area contributed by atoms with Crippen molar-refractivity contribution in [3.8, 4) is 0 Å². The van der Waals surface area contributed by atoms with Gasteiger partial charge in [-0.2, -0.15) is 4.98 Å². The lowest BCUT2D eigenvalue weighted by Gasteiger charge is -2.19. The van der Waals surface area contributed by atoms with Crippen molar-refractivity contribution in [2.24, 2.45) is 7.05 Å². The van der Waals surface area contributed by atoms with Crippen LogP contribution < -0.4 is 5.32 Å². The van der Waals surface area contributed by atoms with Crippen LogP contribution in [0.5, 0.6) is 0 Å². The molecule has 2 amide bonds. The van der Waals surface area contributed by atoms with E-state index in [2.05, 4.69) is 31.1 Å². The smallest absolute Gasteiger partial charge is 0.317 e. The van der Waals surface area contributed by atoms with Crippen molar-refractivity contribution in [1.82, 2.24) is 29.9 Å². The summed E-state index contributed by atoms with van der Waals surface area (Å²) in [5.74, 6) is 2.03. The number of urea groups is 1. The SMILES string of the molecule is CCN(Cc1nc(C)no1)C(=O)NCCCc1nc2ccccc2n1C. The Morgan fingerprint density at radius 1 is 1.31 bits per heavy atom. The maximum atomic E-state index is 12.3. The van der Waals surface area contributed by atoms with E-state index in [4.69, 9.17) is 4.52 Å². The van der Waals surface area contributed by atoms with Crippen molar-refractivity contribution >= 4 is 17.1 Å². The minimum absolute atomic E-state index is 0.131. The van der Waals surface area contributed by atoms with Gasteiger partial charge in [-0.25, -0.2) is 9.78 Å². The zero-order valence-corrected chi connectivity index (χ0v) is 15.4. The van der Waals surface area contributed by atoms with Gasteiger partial charge in [0.15, 0.2) is 5.82 Å². The maximum absolute atomic E-state index is 12.3. The molecule has 0 aliphatic heterocycles. The molecule has 0 saturated heterocycles. The number of rotatable bonds is 7. The maximum Gasteiger partial charge on any atom is 0.317 e. The first-order valence-electron chi connectivity index (χ1n) is 8.80. The molecule has 2 heterocycles. The van der Waals surface area contributed by atoms with Gasteiger partial charge in [0.2, 0.25) is 5.89 Å². The predicted molar refractivity (Wildman–Crippen MR) is 97.6 cm³/mol. The Balaban J connectivity index is 1.48. The van der Waals surface area contributed by atoms with E-state index in [1.165, 1.54) is 0 Å². The molecule has 1 aromatic carbocycles. The van der Waals surface area contributed by atoms with Crippen molar-refractivity contribution in [2.75, 3.05) is 13.1 Å². The summed E-state index contributed by atoms with van der Waals surface area (Å²) < 4.78 is 7.18. The van der Waals surface area contributed by atoms with E-state index in [0.29, 0.717) is 31.3 Å². The number of amides is 2. The molecule has 1 N–H and O–H groups in total. The number of hydrogen-bond acceptors (Lipinski definition) is 5. The lowest BCUT2D eigenvalue weighted by Crippen LogP contribution is -2.40. The summed E-state index contributed by atoms with van der Waals surface area (Å²) in [6.07, 6.45) is 1.63. The number of hydrogen-bond donors (Lipinski definition) is 1. The predicted octanol–water partition coefficient (Wildman–Crippen LogP) is 2.43. The molecule has 26 heavy (non-hydrogen) atoms. The van der Waals surface area contributed by atoms with E-state index in [1.807, 2.05) is 32.2 Å². The van der Waals surface area contributed by atoms with Crippen LogP contribution in [0.4, 0.5) is 4.79 Å². The second-order valence-electron chi connectivity index (χ2n) is 6.16. The van der Waals surface area contributed by atoms with Crippen molar-refractivity contribution in [3.05, 3.63) is 41.8 Å². The fraction of sp³-hybridized carbons (Fsp3) is 0.444. The molecule has 0 aliphatic rings. The third kappa shape index (κ3) is 4.01. The molecule has 138 valence electrons. The van der Waals surface area contributed by atoms with Gasteiger partial charge in [0.1, 0.15) is 12.4 Å². The van der Waals surface area contributed by atoms with Crippen LogP contribution in [-0.2, 0) is 20.0 Å². The standard InChI is InChI=1S/C18H24N6O2/c1-4-24(12-17-20-13(2)22-26-17)18(25)19-11-7-10-16-21-14-8-5-6-9-15(14)23(16)3/h5-6,8-9H,4,7,10-12H2,1-3H3,(H,19,25). The number of carbonyl (C=O) groups excluding carboxylic acids is 1. The highest BCUT2D eigenvalue weighted by Gasteiger charge is 2.15. The number of imidazole rings is 1. The number of carbonyl (C=O) groups is 1. The van der Waals surface area contributed by atoms with Crippen LogP contribution in [0.3, 0.4) is 0 Å². The Hall–Kier alpha value is -2.90. The number of nitrogens with one attached hydrogen (secondary N) is 1. The number of benzene rings is 1. The fourth-order valence-electron chi connectivity index (χ4n) is 2.87. The van der Waals surface area contributed by atoms with E-state index in [9.17, 15) is 4.79 Å². The molecule has 0 aliphatic carbocycles. The number of nitrogens with zero attached hydrogens (tertiary/aromatic N) is 5. The first-order chi connectivity index (χ1) is 12.6. The molecular weight excluding hydrogens is 332 g/mol. The molecular formula is C18H24N6O2. The van der Waals surface area contributed by atoms with E-state index in [-0.39, 0.29) is 6.03 Å². The molecule has 0 spiro atoms. The molecule has 0 atom stereocenters. The van der Waals surface area contributed by atoms with E-state index in [0.717, 1.165) is 29.7 Å².